The van der Waals surface area contributed by atoms with Crippen LogP contribution in [0.1, 0.15) is 13.3 Å². The molecule has 0 aromatic carbocycles. The van der Waals surface area contributed by atoms with Crippen LogP contribution in [-0.4, -0.2) is 24.3 Å². The van der Waals surface area contributed by atoms with Crippen molar-refractivity contribution < 1.29 is 23.8 Å². The average Bonchev–Trinajstić information content (AvgIpc) is 2.94. The van der Waals surface area contributed by atoms with Gasteiger partial charge in [0.05, 0.1) is 11.8 Å². The van der Waals surface area contributed by atoms with E-state index in [0.717, 1.165) is 6.42 Å². The van der Waals surface area contributed by atoms with Crippen LogP contribution in [-0.2, 0) is 23.8 Å². The molecule has 1 saturated heterocycles. The van der Waals surface area contributed by atoms with E-state index < -0.39 is 12.3 Å². The van der Waals surface area contributed by atoms with E-state index in [-0.39, 0.29) is 18.0 Å². The molecule has 0 aromatic heterocycles. The van der Waals surface area contributed by atoms with Gasteiger partial charge in [0, 0.05) is 17.6 Å². The molecule has 5 heteroatoms. The summed E-state index contributed by atoms with van der Waals surface area (Å²) in [5.74, 6) is -0.730. The van der Waals surface area contributed by atoms with Crippen molar-refractivity contribution in [1.29, 1.82) is 0 Å². The number of hydrogen-bond donors (Lipinski definition) is 0. The third-order valence-electron chi connectivity index (χ3n) is 3.25. The zero-order valence-corrected chi connectivity index (χ0v) is 9.79. The van der Waals surface area contributed by atoms with E-state index in [2.05, 4.69) is 0 Å². The molecule has 0 saturated carbocycles. The van der Waals surface area contributed by atoms with Gasteiger partial charge >= 0.3 is 11.9 Å². The Hall–Kier alpha value is -2.04. The van der Waals surface area contributed by atoms with Crippen LogP contribution in [0.3, 0.4) is 0 Å². The van der Waals surface area contributed by atoms with Gasteiger partial charge in [-0.3, -0.25) is 0 Å². The molecule has 0 amide bonds. The van der Waals surface area contributed by atoms with Gasteiger partial charge in [-0.15, -0.1) is 0 Å². The van der Waals surface area contributed by atoms with Gasteiger partial charge in [0.2, 0.25) is 0 Å². The summed E-state index contributed by atoms with van der Waals surface area (Å²) in [4.78, 5) is 22.7. The number of carbonyl (C=O) groups excluding carboxylic acids is 2. The van der Waals surface area contributed by atoms with Crippen LogP contribution >= 0.6 is 0 Å². The maximum atomic E-state index is 11.6. The number of esters is 2. The minimum atomic E-state index is -0.744. The van der Waals surface area contributed by atoms with Crippen molar-refractivity contribution in [3.8, 4) is 0 Å². The summed E-state index contributed by atoms with van der Waals surface area (Å²) in [6.45, 7) is 1.65. The monoisotopic (exact) mass is 248 g/mol. The molecule has 5 nitrogen and oxygen atoms in total. The van der Waals surface area contributed by atoms with Crippen molar-refractivity contribution in [2.75, 3.05) is 0 Å². The minimum absolute atomic E-state index is 0.0275. The molecule has 0 spiro atoms. The van der Waals surface area contributed by atoms with Crippen molar-refractivity contribution >= 4 is 11.9 Å². The molecule has 1 aliphatic carbocycles. The summed E-state index contributed by atoms with van der Waals surface area (Å²) < 4.78 is 15.4. The second kappa shape index (κ2) is 4.01. The molecule has 0 bridgehead atoms. The number of ether oxygens (including phenoxy) is 3. The van der Waals surface area contributed by atoms with Gasteiger partial charge in [-0.2, -0.15) is 0 Å². The molecular formula is C13H12O5. The molecule has 3 atom stereocenters. The van der Waals surface area contributed by atoms with Crippen LogP contribution in [0.25, 0.3) is 0 Å². The average molecular weight is 248 g/mol. The Kier molecular flexibility index (Phi) is 2.47. The van der Waals surface area contributed by atoms with E-state index in [1.165, 1.54) is 6.26 Å². The van der Waals surface area contributed by atoms with E-state index in [4.69, 9.17) is 14.2 Å². The molecule has 18 heavy (non-hydrogen) atoms. The lowest BCUT2D eigenvalue weighted by Crippen LogP contribution is -2.12. The fourth-order valence-corrected chi connectivity index (χ4v) is 2.24. The zero-order chi connectivity index (χ0) is 12.7. The SMILES string of the molecule is CC1=CC(O/C=C2/C(=O)O[C@@H]3C=CC[C@H]23)OC1=O. The van der Waals surface area contributed by atoms with Gasteiger partial charge in [0.15, 0.2) is 0 Å². The Labute approximate surface area is 104 Å². The van der Waals surface area contributed by atoms with Gasteiger partial charge in [-0.25, -0.2) is 9.59 Å². The molecule has 2 heterocycles. The maximum Gasteiger partial charge on any atom is 0.338 e. The largest absolute Gasteiger partial charge is 0.458 e. The van der Waals surface area contributed by atoms with Crippen molar-refractivity contribution in [3.05, 3.63) is 35.6 Å². The molecule has 0 N–H and O–H groups in total. The number of fused-ring (bicyclic) bond motifs is 1. The van der Waals surface area contributed by atoms with E-state index in [1.54, 1.807) is 13.0 Å². The predicted molar refractivity (Wildman–Crippen MR) is 59.9 cm³/mol. The predicted octanol–water partition coefficient (Wildman–Crippen LogP) is 1.22. The molecule has 94 valence electrons. The van der Waals surface area contributed by atoms with Gasteiger partial charge in [-0.05, 0) is 19.4 Å². The van der Waals surface area contributed by atoms with Crippen molar-refractivity contribution in [1.82, 2.24) is 0 Å². The van der Waals surface area contributed by atoms with E-state index in [0.29, 0.717) is 11.1 Å². The summed E-state index contributed by atoms with van der Waals surface area (Å²) >= 11 is 0. The minimum Gasteiger partial charge on any atom is -0.458 e. The van der Waals surface area contributed by atoms with Crippen LogP contribution < -0.4 is 0 Å². The van der Waals surface area contributed by atoms with Crippen LogP contribution in [0, 0.1) is 5.92 Å². The zero-order valence-electron chi connectivity index (χ0n) is 9.79. The third kappa shape index (κ3) is 1.72. The lowest BCUT2D eigenvalue weighted by molar-refractivity contribution is -0.152. The molecule has 1 fully saturated rings. The van der Waals surface area contributed by atoms with Gasteiger partial charge in [-0.1, -0.05) is 6.08 Å². The first-order chi connectivity index (χ1) is 8.65. The Morgan fingerprint density at radius 1 is 1.33 bits per heavy atom. The quantitative estimate of drug-likeness (QED) is 0.318. The normalized spacial score (nSPS) is 35.5. The summed E-state index contributed by atoms with van der Waals surface area (Å²) in [7, 11) is 0. The first-order valence-electron chi connectivity index (χ1n) is 5.78. The smallest absolute Gasteiger partial charge is 0.338 e. The molecule has 1 unspecified atom stereocenters. The molecule has 0 radical (unpaired) electrons. The number of rotatable bonds is 2. The first-order valence-corrected chi connectivity index (χ1v) is 5.78. The lowest BCUT2D eigenvalue weighted by atomic mass is 9.99. The Morgan fingerprint density at radius 2 is 2.17 bits per heavy atom. The fraction of sp³-hybridized carbons (Fsp3) is 0.385. The Morgan fingerprint density at radius 3 is 2.89 bits per heavy atom. The topological polar surface area (TPSA) is 61.8 Å². The summed E-state index contributed by atoms with van der Waals surface area (Å²) in [6, 6.07) is 0. The van der Waals surface area contributed by atoms with Crippen molar-refractivity contribution in [2.45, 2.75) is 25.7 Å². The number of hydrogen-bond acceptors (Lipinski definition) is 5. The highest BCUT2D eigenvalue weighted by atomic mass is 16.7. The second-order valence-electron chi connectivity index (χ2n) is 4.47. The third-order valence-corrected chi connectivity index (χ3v) is 3.25. The highest BCUT2D eigenvalue weighted by Gasteiger charge is 2.40. The number of allylic oxidation sites excluding steroid dienone is 1. The van der Waals surface area contributed by atoms with Gasteiger partial charge in [0.1, 0.15) is 6.10 Å². The molecule has 0 aromatic rings. The summed E-state index contributed by atoms with van der Waals surface area (Å²) in [5.41, 5.74) is 1.01. The van der Waals surface area contributed by atoms with Gasteiger partial charge in [0.25, 0.3) is 6.29 Å². The van der Waals surface area contributed by atoms with Gasteiger partial charge < -0.3 is 14.2 Å². The lowest BCUT2D eigenvalue weighted by Gasteiger charge is -2.09. The highest BCUT2D eigenvalue weighted by molar-refractivity contribution is 5.92. The van der Waals surface area contributed by atoms with Crippen LogP contribution in [0.5, 0.6) is 0 Å². The van der Waals surface area contributed by atoms with E-state index in [1.807, 2.05) is 12.2 Å². The first kappa shape index (κ1) is 11.1. The number of cyclic esters (lactones) is 1. The summed E-state index contributed by atoms with van der Waals surface area (Å²) in [6.07, 6.45) is 6.64. The maximum absolute atomic E-state index is 11.6. The standard InChI is InChI=1S/C13H12O5/c1-7-5-11(18-12(7)14)16-6-9-8-3-2-4-10(8)17-13(9)15/h2,4-6,8,10-11H,3H2,1H3/b9-6+/t8-,10-,11?/m1/s1. The Bertz CT molecular complexity index is 500. The molecule has 2 aliphatic heterocycles. The van der Waals surface area contributed by atoms with Crippen molar-refractivity contribution in [2.24, 2.45) is 5.92 Å². The highest BCUT2D eigenvalue weighted by Crippen LogP contribution is 2.36. The number of carbonyl (C=O) groups is 2. The van der Waals surface area contributed by atoms with Crippen LogP contribution in [0.4, 0.5) is 0 Å². The van der Waals surface area contributed by atoms with Crippen molar-refractivity contribution in [3.63, 3.8) is 0 Å². The van der Waals surface area contributed by atoms with E-state index >= 15 is 0 Å². The summed E-state index contributed by atoms with van der Waals surface area (Å²) in [5, 5.41) is 0. The van der Waals surface area contributed by atoms with Crippen LogP contribution in [0.2, 0.25) is 0 Å². The second-order valence-corrected chi connectivity index (χ2v) is 4.47. The fourth-order valence-electron chi connectivity index (χ4n) is 2.24. The molecular weight excluding hydrogens is 236 g/mol. The van der Waals surface area contributed by atoms with E-state index in [9.17, 15) is 9.59 Å². The molecule has 3 rings (SSSR count). The Balaban J connectivity index is 1.70. The molecule has 3 aliphatic rings. The van der Waals surface area contributed by atoms with Crippen LogP contribution in [0.15, 0.2) is 35.6 Å².